The van der Waals surface area contributed by atoms with Gasteiger partial charge in [-0.05, 0) is 129 Å². The van der Waals surface area contributed by atoms with Crippen LogP contribution < -0.4 is 22.1 Å². The second-order valence-corrected chi connectivity index (χ2v) is 17.6. The number of aromatic nitrogens is 5. The summed E-state index contributed by atoms with van der Waals surface area (Å²) in [5.74, 6) is 2.52. The molecule has 59 heavy (non-hydrogen) atoms. The van der Waals surface area contributed by atoms with Crippen molar-refractivity contribution < 1.29 is 28.8 Å². The lowest BCUT2D eigenvalue weighted by molar-refractivity contribution is -0.134. The van der Waals surface area contributed by atoms with Crippen molar-refractivity contribution in [1.29, 1.82) is 0 Å². The minimum absolute atomic E-state index is 0.0759. The van der Waals surface area contributed by atoms with Crippen molar-refractivity contribution in [3.63, 3.8) is 0 Å². The van der Waals surface area contributed by atoms with E-state index in [9.17, 15) is 19.5 Å². The van der Waals surface area contributed by atoms with Gasteiger partial charge in [-0.15, -0.1) is 0 Å². The quantitative estimate of drug-likeness (QED) is 0.0844. The van der Waals surface area contributed by atoms with Crippen LogP contribution in [0.5, 0.6) is 5.75 Å². The molecule has 15 nitrogen and oxygen atoms in total. The van der Waals surface area contributed by atoms with Crippen molar-refractivity contribution in [3.05, 3.63) is 89.0 Å². The average molecular weight is 806 g/mol. The largest absolute Gasteiger partial charge is 0.508 e. The molecule has 5 aromatic rings. The molecule has 3 amide bonds. The molecule has 7 N–H and O–H groups in total. The first-order chi connectivity index (χ1) is 28.3. The Hall–Kier alpha value is -5.86. The van der Waals surface area contributed by atoms with E-state index in [1.54, 1.807) is 29.1 Å². The van der Waals surface area contributed by atoms with Gasteiger partial charge >= 0.3 is 6.09 Å². The smallest absolute Gasteiger partial charge is 0.405 e. The SMILES string of the molecule is Cc1cc(O)cc(C)c1CC(NC(=O)C(CCCn1ccnc1N)OC(N)=O)C(=O)N[C@@H](Cc1cn(C)c2ccccc12)c1nc(CC23CC4CC(CC(C4)C2)C3)no1. The number of fused-ring (bicyclic) bond motifs is 1. The van der Waals surface area contributed by atoms with Crippen LogP contribution in [0.3, 0.4) is 0 Å². The highest BCUT2D eigenvalue weighted by Gasteiger charge is 2.51. The number of phenolic OH excluding ortho intramolecular Hbond substituents is 1. The lowest BCUT2D eigenvalue weighted by Gasteiger charge is -2.56. The van der Waals surface area contributed by atoms with E-state index in [-0.39, 0.29) is 24.0 Å². The number of primary amides is 1. The summed E-state index contributed by atoms with van der Waals surface area (Å²) in [4.78, 5) is 49.8. The van der Waals surface area contributed by atoms with Crippen LogP contribution in [0.4, 0.5) is 10.7 Å². The zero-order valence-electron chi connectivity index (χ0n) is 34.0. The lowest BCUT2D eigenvalue weighted by Crippen LogP contribution is -2.52. The predicted molar refractivity (Wildman–Crippen MR) is 220 cm³/mol. The van der Waals surface area contributed by atoms with Crippen molar-refractivity contribution in [2.75, 3.05) is 5.73 Å². The van der Waals surface area contributed by atoms with Crippen LogP contribution >= 0.6 is 0 Å². The molecule has 4 aliphatic carbocycles. The molecule has 4 saturated carbocycles. The van der Waals surface area contributed by atoms with Crippen LogP contribution in [0.15, 0.2) is 59.5 Å². The van der Waals surface area contributed by atoms with Gasteiger partial charge in [-0.1, -0.05) is 23.4 Å². The van der Waals surface area contributed by atoms with Gasteiger partial charge in [-0.3, -0.25) is 9.59 Å². The fourth-order valence-electron chi connectivity index (χ4n) is 10.9. The number of imidazole rings is 1. The number of aromatic hydroxyl groups is 1. The standard InChI is InChI=1S/C44H55N9O6/c1-25-13-31(54)14-26(2)33(25)19-34(48-40(56)37(58-43(46)57)9-6-11-53-12-10-47-42(53)45)39(55)49-35(18-30-24-52(3)36-8-5-4-7-32(30)36)41-50-38(51-59-41)23-44-20-27-15-28(21-44)17-29(16-27)22-44/h4-5,7-8,10,12-14,24,27-29,34-35,37,54H,6,9,11,15-23H2,1-3H3,(H2,45,47)(H2,46,57)(H,48,56)(H,49,55)/t27?,28?,29?,34?,35-,37?,44?/m0/s1. The Morgan fingerprint density at radius 1 is 1.02 bits per heavy atom. The van der Waals surface area contributed by atoms with Crippen LogP contribution in [-0.4, -0.2) is 59.4 Å². The van der Waals surface area contributed by atoms with Crippen LogP contribution in [0.2, 0.25) is 0 Å². The molecule has 4 fully saturated rings. The number of rotatable bonds is 16. The van der Waals surface area contributed by atoms with E-state index in [0.29, 0.717) is 37.0 Å². The third-order valence-corrected chi connectivity index (χ3v) is 13.1. The Labute approximate surface area is 343 Å². The van der Waals surface area contributed by atoms with Crippen LogP contribution in [-0.2, 0) is 47.2 Å². The van der Waals surface area contributed by atoms with Crippen LogP contribution in [0.25, 0.3) is 10.9 Å². The molecular formula is C44H55N9O6. The Morgan fingerprint density at radius 3 is 2.37 bits per heavy atom. The van der Waals surface area contributed by atoms with Crippen molar-refractivity contribution in [3.8, 4) is 5.75 Å². The Morgan fingerprint density at radius 2 is 1.71 bits per heavy atom. The summed E-state index contributed by atoms with van der Waals surface area (Å²) in [5.41, 5.74) is 15.8. The van der Waals surface area contributed by atoms with E-state index in [1.165, 1.54) is 38.5 Å². The number of benzene rings is 2. The highest BCUT2D eigenvalue weighted by Crippen LogP contribution is 2.61. The Bertz CT molecular complexity index is 2290. The van der Waals surface area contributed by atoms with Gasteiger partial charge in [0, 0.05) is 62.3 Å². The summed E-state index contributed by atoms with van der Waals surface area (Å²) in [5, 5.41) is 21.9. The molecule has 3 aromatic heterocycles. The molecule has 3 atom stereocenters. The number of phenols is 1. The number of carbonyl (C=O) groups is 3. The third-order valence-electron chi connectivity index (χ3n) is 13.1. The molecule has 2 unspecified atom stereocenters. The van der Waals surface area contributed by atoms with Crippen LogP contribution in [0.1, 0.15) is 91.4 Å². The van der Waals surface area contributed by atoms with Crippen molar-refractivity contribution >= 4 is 34.8 Å². The van der Waals surface area contributed by atoms with E-state index < -0.39 is 36.1 Å². The first-order valence-corrected chi connectivity index (χ1v) is 20.8. The van der Waals surface area contributed by atoms with E-state index in [2.05, 4.69) is 31.4 Å². The highest BCUT2D eigenvalue weighted by atomic mass is 16.6. The third kappa shape index (κ3) is 8.79. The van der Waals surface area contributed by atoms with Crippen molar-refractivity contribution in [1.82, 2.24) is 34.9 Å². The van der Waals surface area contributed by atoms with E-state index in [0.717, 1.165) is 57.3 Å². The Kier molecular flexibility index (Phi) is 11.1. The second-order valence-electron chi connectivity index (χ2n) is 17.6. The maximum absolute atomic E-state index is 14.7. The summed E-state index contributed by atoms with van der Waals surface area (Å²) in [7, 11) is 1.98. The van der Waals surface area contributed by atoms with Gasteiger partial charge < -0.3 is 45.6 Å². The molecule has 9 rings (SSSR count). The number of para-hydroxylation sites is 1. The molecule has 0 saturated heterocycles. The normalized spacial score (nSPS) is 22.3. The fraction of sp³-hybridized carbons (Fsp3) is 0.500. The molecular weight excluding hydrogens is 751 g/mol. The summed E-state index contributed by atoms with van der Waals surface area (Å²) in [6.45, 7) is 4.10. The summed E-state index contributed by atoms with van der Waals surface area (Å²) in [6, 6.07) is 9.42. The number of nitrogens with one attached hydrogen (secondary N) is 2. The number of nitrogens with zero attached hydrogens (tertiary/aromatic N) is 5. The number of ether oxygens (including phenoxy) is 1. The minimum Gasteiger partial charge on any atom is -0.508 e. The highest BCUT2D eigenvalue weighted by molar-refractivity contribution is 5.91. The van der Waals surface area contributed by atoms with Crippen LogP contribution in [0, 0.1) is 37.0 Å². The van der Waals surface area contributed by atoms with E-state index >= 15 is 0 Å². The maximum atomic E-state index is 14.7. The van der Waals surface area contributed by atoms with Gasteiger partial charge in [0.2, 0.25) is 11.8 Å². The number of amides is 3. The molecule has 0 aliphatic heterocycles. The lowest BCUT2D eigenvalue weighted by atomic mass is 9.49. The predicted octanol–water partition coefficient (Wildman–Crippen LogP) is 5.49. The van der Waals surface area contributed by atoms with E-state index in [1.807, 2.05) is 45.3 Å². The van der Waals surface area contributed by atoms with Crippen molar-refractivity contribution in [2.24, 2.45) is 36.0 Å². The molecule has 3 heterocycles. The average Bonchev–Trinajstić information content (AvgIpc) is 3.89. The number of hydrogen-bond acceptors (Lipinski definition) is 10. The number of nitrogen functional groups attached to an aromatic ring is 1. The first-order valence-electron chi connectivity index (χ1n) is 20.8. The second kappa shape index (κ2) is 16.4. The molecule has 4 bridgehead atoms. The number of aryl methyl sites for hydroxylation is 4. The fourth-order valence-corrected chi connectivity index (χ4v) is 10.9. The van der Waals surface area contributed by atoms with Crippen molar-refractivity contribution in [2.45, 2.75) is 109 Å². The zero-order valence-corrected chi connectivity index (χ0v) is 34.0. The Balaban J connectivity index is 1.08. The maximum Gasteiger partial charge on any atom is 0.405 e. The molecule has 0 spiro atoms. The summed E-state index contributed by atoms with van der Waals surface area (Å²) >= 11 is 0. The molecule has 0 radical (unpaired) electrons. The number of nitrogens with two attached hydrogens (primary N) is 2. The first kappa shape index (κ1) is 39.9. The van der Waals surface area contributed by atoms with E-state index in [4.69, 9.17) is 25.7 Å². The zero-order chi connectivity index (χ0) is 41.4. The summed E-state index contributed by atoms with van der Waals surface area (Å²) in [6.07, 6.45) is 12.2. The summed E-state index contributed by atoms with van der Waals surface area (Å²) < 4.78 is 15.1. The molecule has 15 heteroatoms. The van der Waals surface area contributed by atoms with Gasteiger partial charge in [0.05, 0.1) is 0 Å². The monoisotopic (exact) mass is 805 g/mol. The van der Waals surface area contributed by atoms with Gasteiger partial charge in [-0.2, -0.15) is 4.98 Å². The number of anilines is 1. The van der Waals surface area contributed by atoms with Gasteiger partial charge in [-0.25, -0.2) is 9.78 Å². The topological polar surface area (TPSA) is 218 Å². The molecule has 2 aromatic carbocycles. The molecule has 312 valence electrons. The van der Waals surface area contributed by atoms with Gasteiger partial charge in [0.25, 0.3) is 5.91 Å². The molecule has 4 aliphatic rings. The number of hydrogen-bond donors (Lipinski definition) is 5. The van der Waals surface area contributed by atoms with Gasteiger partial charge in [0.15, 0.2) is 17.9 Å². The van der Waals surface area contributed by atoms with Gasteiger partial charge in [0.1, 0.15) is 17.8 Å². The number of carbonyl (C=O) groups excluding carboxylic acids is 3. The minimum atomic E-state index is -1.29.